The predicted octanol–water partition coefficient (Wildman–Crippen LogP) is 0.858. The van der Waals surface area contributed by atoms with E-state index in [0.29, 0.717) is 5.75 Å². The van der Waals surface area contributed by atoms with Gasteiger partial charge >= 0.3 is 0 Å². The number of nitrogens with one attached hydrogen (secondary N) is 1. The average molecular weight is 212 g/mol. The lowest BCUT2D eigenvalue weighted by Crippen LogP contribution is -2.20. The molecule has 1 atom stereocenters. The van der Waals surface area contributed by atoms with Crippen LogP contribution in [0.4, 0.5) is 0 Å². The first kappa shape index (κ1) is 11.3. The Labute approximate surface area is 87.4 Å². The Morgan fingerprint density at radius 2 is 2.36 bits per heavy atom. The van der Waals surface area contributed by atoms with Crippen LogP contribution in [0, 0.1) is 6.92 Å². The van der Waals surface area contributed by atoms with Crippen molar-refractivity contribution in [2.45, 2.75) is 13.5 Å². The fourth-order valence-electron chi connectivity index (χ4n) is 1.14. The van der Waals surface area contributed by atoms with Crippen LogP contribution in [0.1, 0.15) is 11.3 Å². The highest BCUT2D eigenvalue weighted by Gasteiger charge is 1.97. The summed E-state index contributed by atoms with van der Waals surface area (Å²) in [4.78, 5) is 4.19. The van der Waals surface area contributed by atoms with Crippen LogP contribution in [0.3, 0.4) is 0 Å². The number of hydrogen-bond acceptors (Lipinski definition) is 3. The minimum atomic E-state index is -0.707. The molecule has 1 aromatic heterocycles. The van der Waals surface area contributed by atoms with Gasteiger partial charge in [0.25, 0.3) is 0 Å². The molecular formula is C10H16N2OS. The van der Waals surface area contributed by atoms with E-state index < -0.39 is 10.8 Å². The third-order valence-corrected chi connectivity index (χ3v) is 2.78. The molecule has 3 nitrogen and oxygen atoms in total. The van der Waals surface area contributed by atoms with Crippen LogP contribution < -0.4 is 5.32 Å². The summed E-state index contributed by atoms with van der Waals surface area (Å²) in [5.41, 5.74) is 2.26. The van der Waals surface area contributed by atoms with Crippen LogP contribution in [-0.2, 0) is 17.3 Å². The summed E-state index contributed by atoms with van der Waals surface area (Å²) in [5, 5.41) is 3.24. The van der Waals surface area contributed by atoms with Gasteiger partial charge in [-0.05, 0) is 18.6 Å². The SMILES string of the molecule is Cc1ncccc1CNCCS(C)=O. The van der Waals surface area contributed by atoms with Gasteiger partial charge in [-0.25, -0.2) is 0 Å². The van der Waals surface area contributed by atoms with Crippen molar-refractivity contribution in [1.82, 2.24) is 10.3 Å². The molecule has 1 aromatic rings. The van der Waals surface area contributed by atoms with Crippen LogP contribution in [0.2, 0.25) is 0 Å². The van der Waals surface area contributed by atoms with Crippen molar-refractivity contribution in [3.8, 4) is 0 Å². The Hall–Kier alpha value is -0.740. The van der Waals surface area contributed by atoms with Gasteiger partial charge in [0.05, 0.1) is 0 Å². The second kappa shape index (κ2) is 5.88. The van der Waals surface area contributed by atoms with Crippen molar-refractivity contribution in [3.05, 3.63) is 29.6 Å². The highest BCUT2D eigenvalue weighted by molar-refractivity contribution is 7.84. The van der Waals surface area contributed by atoms with Gasteiger partial charge in [-0.2, -0.15) is 0 Å². The van der Waals surface area contributed by atoms with E-state index in [2.05, 4.69) is 16.4 Å². The molecule has 1 unspecified atom stereocenters. The van der Waals surface area contributed by atoms with Crippen LogP contribution in [0.25, 0.3) is 0 Å². The summed E-state index contributed by atoms with van der Waals surface area (Å²) in [6.07, 6.45) is 3.51. The van der Waals surface area contributed by atoms with E-state index in [1.165, 1.54) is 5.56 Å². The Morgan fingerprint density at radius 3 is 3.00 bits per heavy atom. The van der Waals surface area contributed by atoms with Gasteiger partial charge in [-0.15, -0.1) is 0 Å². The van der Waals surface area contributed by atoms with Crippen molar-refractivity contribution in [3.63, 3.8) is 0 Å². The van der Waals surface area contributed by atoms with Crippen LogP contribution in [-0.4, -0.2) is 27.7 Å². The Bertz CT molecular complexity index is 315. The molecule has 0 amide bonds. The van der Waals surface area contributed by atoms with E-state index in [1.807, 2.05) is 13.0 Å². The van der Waals surface area contributed by atoms with Crippen molar-refractivity contribution in [2.75, 3.05) is 18.6 Å². The maximum absolute atomic E-state index is 10.8. The number of hydrogen-bond donors (Lipinski definition) is 1. The van der Waals surface area contributed by atoms with Gasteiger partial charge in [0.15, 0.2) is 0 Å². The first-order valence-electron chi connectivity index (χ1n) is 4.61. The van der Waals surface area contributed by atoms with E-state index in [9.17, 15) is 4.21 Å². The minimum absolute atomic E-state index is 0.707. The third kappa shape index (κ3) is 3.98. The molecule has 78 valence electrons. The summed E-state index contributed by atoms with van der Waals surface area (Å²) in [5.74, 6) is 0.708. The normalized spacial score (nSPS) is 12.7. The molecule has 0 radical (unpaired) electrons. The molecule has 1 N–H and O–H groups in total. The molecule has 14 heavy (non-hydrogen) atoms. The van der Waals surface area contributed by atoms with E-state index >= 15 is 0 Å². The zero-order chi connectivity index (χ0) is 10.4. The van der Waals surface area contributed by atoms with E-state index in [1.54, 1.807) is 12.5 Å². The summed E-state index contributed by atoms with van der Waals surface area (Å²) >= 11 is 0. The van der Waals surface area contributed by atoms with Gasteiger partial charge in [-0.1, -0.05) is 6.07 Å². The van der Waals surface area contributed by atoms with Crippen molar-refractivity contribution in [2.24, 2.45) is 0 Å². The Morgan fingerprint density at radius 1 is 1.57 bits per heavy atom. The maximum atomic E-state index is 10.8. The van der Waals surface area contributed by atoms with Gasteiger partial charge in [0.2, 0.25) is 0 Å². The van der Waals surface area contributed by atoms with Crippen LogP contribution >= 0.6 is 0 Å². The molecule has 1 heterocycles. The third-order valence-electron chi connectivity index (χ3n) is 2.00. The molecule has 0 aromatic carbocycles. The van der Waals surface area contributed by atoms with E-state index in [0.717, 1.165) is 18.8 Å². The lowest BCUT2D eigenvalue weighted by atomic mass is 10.2. The molecule has 1 rings (SSSR count). The quantitative estimate of drug-likeness (QED) is 0.736. The van der Waals surface area contributed by atoms with E-state index in [-0.39, 0.29) is 0 Å². The standard InChI is InChI=1S/C10H16N2OS/c1-9-10(4-3-5-12-9)8-11-6-7-14(2)13/h3-5,11H,6-8H2,1-2H3. The van der Waals surface area contributed by atoms with Gasteiger partial charge in [0.1, 0.15) is 0 Å². The van der Waals surface area contributed by atoms with Crippen molar-refractivity contribution in [1.29, 1.82) is 0 Å². The molecule has 0 fully saturated rings. The number of pyridine rings is 1. The lowest BCUT2D eigenvalue weighted by molar-refractivity contribution is 0.676. The molecule has 0 aliphatic heterocycles. The maximum Gasteiger partial charge on any atom is 0.0417 e. The Balaban J connectivity index is 2.31. The number of nitrogens with zero attached hydrogens (tertiary/aromatic N) is 1. The van der Waals surface area contributed by atoms with Crippen LogP contribution in [0.15, 0.2) is 18.3 Å². The van der Waals surface area contributed by atoms with Gasteiger partial charge in [0, 0.05) is 47.8 Å². The molecule has 0 bridgehead atoms. The summed E-state index contributed by atoms with van der Waals surface area (Å²) in [6, 6.07) is 3.99. The fourth-order valence-corrected chi connectivity index (χ4v) is 1.58. The zero-order valence-electron chi connectivity index (χ0n) is 8.62. The zero-order valence-corrected chi connectivity index (χ0v) is 9.43. The molecule has 0 aliphatic rings. The Kier molecular flexibility index (Phi) is 4.76. The predicted molar refractivity (Wildman–Crippen MR) is 59.6 cm³/mol. The summed E-state index contributed by atoms with van der Waals surface area (Å²) < 4.78 is 10.8. The van der Waals surface area contributed by atoms with Crippen LogP contribution in [0.5, 0.6) is 0 Å². The number of rotatable bonds is 5. The number of aromatic nitrogens is 1. The minimum Gasteiger partial charge on any atom is -0.312 e. The topological polar surface area (TPSA) is 42.0 Å². The van der Waals surface area contributed by atoms with Gasteiger partial charge < -0.3 is 5.32 Å². The smallest absolute Gasteiger partial charge is 0.0417 e. The highest BCUT2D eigenvalue weighted by atomic mass is 32.2. The largest absolute Gasteiger partial charge is 0.312 e. The molecule has 0 saturated carbocycles. The van der Waals surface area contributed by atoms with Crippen molar-refractivity contribution >= 4 is 10.8 Å². The fraction of sp³-hybridized carbons (Fsp3) is 0.500. The second-order valence-electron chi connectivity index (χ2n) is 3.20. The molecule has 0 saturated heterocycles. The monoisotopic (exact) mass is 212 g/mol. The molecule has 0 aliphatic carbocycles. The highest BCUT2D eigenvalue weighted by Crippen LogP contribution is 2.01. The first-order valence-corrected chi connectivity index (χ1v) is 6.34. The van der Waals surface area contributed by atoms with Gasteiger partial charge in [-0.3, -0.25) is 9.19 Å². The molecular weight excluding hydrogens is 196 g/mol. The molecule has 4 heteroatoms. The first-order chi connectivity index (χ1) is 6.70. The molecule has 0 spiro atoms. The average Bonchev–Trinajstić information content (AvgIpc) is 2.15. The second-order valence-corrected chi connectivity index (χ2v) is 4.76. The lowest BCUT2D eigenvalue weighted by Gasteiger charge is -2.05. The number of aryl methyl sites for hydroxylation is 1. The van der Waals surface area contributed by atoms with E-state index in [4.69, 9.17) is 0 Å². The summed E-state index contributed by atoms with van der Waals surface area (Å²) in [7, 11) is -0.707. The van der Waals surface area contributed by atoms with Crippen molar-refractivity contribution < 1.29 is 4.21 Å². The summed E-state index contributed by atoms with van der Waals surface area (Å²) in [6.45, 7) is 3.59.